The van der Waals surface area contributed by atoms with Gasteiger partial charge in [-0.25, -0.2) is 4.79 Å². The Morgan fingerprint density at radius 1 is 1.47 bits per heavy atom. The van der Waals surface area contributed by atoms with E-state index in [1.807, 2.05) is 0 Å². The van der Waals surface area contributed by atoms with E-state index in [4.69, 9.17) is 21.6 Å². The number of methoxy groups -OCH3 is 1. The summed E-state index contributed by atoms with van der Waals surface area (Å²) in [5, 5.41) is 9.69. The number of para-hydroxylation sites is 1. The predicted molar refractivity (Wildman–Crippen MR) is 57.2 cm³/mol. The van der Waals surface area contributed by atoms with Crippen molar-refractivity contribution in [2.75, 3.05) is 12.4 Å². The van der Waals surface area contributed by atoms with Gasteiger partial charge in [-0.1, -0.05) is 6.07 Å². The van der Waals surface area contributed by atoms with Gasteiger partial charge in [-0.05, 0) is 12.1 Å². The van der Waals surface area contributed by atoms with Crippen LogP contribution in [0.25, 0.3) is 0 Å². The fourth-order valence-electron chi connectivity index (χ4n) is 1.18. The van der Waals surface area contributed by atoms with Crippen LogP contribution in [0, 0.1) is 5.41 Å². The number of nitrogen functional groups attached to an aromatic ring is 1. The average molecular weight is 208 g/mol. The van der Waals surface area contributed by atoms with Crippen LogP contribution in [0.2, 0.25) is 0 Å². The molecule has 1 aromatic carbocycles. The standard InChI is InChI=1S/C9H12N4O2/c1-15-6-4-2-3-5(8(10)11)7(6)13-9(12)14/h2-4H,1H3,(H3,10,11)(H3,12,13,14). The number of hydrogen-bond acceptors (Lipinski definition) is 3. The summed E-state index contributed by atoms with van der Waals surface area (Å²) < 4.78 is 5.01. The van der Waals surface area contributed by atoms with Gasteiger partial charge in [0.2, 0.25) is 0 Å². The first-order chi connectivity index (χ1) is 7.06. The molecule has 6 heteroatoms. The van der Waals surface area contributed by atoms with Crippen molar-refractivity contribution >= 4 is 17.6 Å². The highest BCUT2D eigenvalue weighted by Crippen LogP contribution is 2.27. The van der Waals surface area contributed by atoms with Crippen molar-refractivity contribution in [1.29, 1.82) is 5.41 Å². The number of urea groups is 1. The molecule has 0 atom stereocenters. The summed E-state index contributed by atoms with van der Waals surface area (Å²) in [7, 11) is 1.45. The van der Waals surface area contributed by atoms with Crippen molar-refractivity contribution in [2.45, 2.75) is 0 Å². The van der Waals surface area contributed by atoms with Crippen LogP contribution in [0.15, 0.2) is 18.2 Å². The number of rotatable bonds is 3. The molecule has 0 fully saturated rings. The van der Waals surface area contributed by atoms with Gasteiger partial charge < -0.3 is 21.5 Å². The van der Waals surface area contributed by atoms with Crippen molar-refractivity contribution in [1.82, 2.24) is 0 Å². The Morgan fingerprint density at radius 3 is 2.60 bits per heavy atom. The van der Waals surface area contributed by atoms with E-state index in [-0.39, 0.29) is 5.84 Å². The first-order valence-electron chi connectivity index (χ1n) is 4.14. The van der Waals surface area contributed by atoms with Gasteiger partial charge in [0, 0.05) is 5.56 Å². The number of nitrogens with two attached hydrogens (primary N) is 2. The molecule has 0 saturated heterocycles. The molecule has 15 heavy (non-hydrogen) atoms. The molecule has 0 spiro atoms. The van der Waals surface area contributed by atoms with Crippen LogP contribution in [-0.2, 0) is 0 Å². The van der Waals surface area contributed by atoms with Crippen molar-refractivity contribution in [2.24, 2.45) is 11.5 Å². The number of benzene rings is 1. The van der Waals surface area contributed by atoms with E-state index in [0.29, 0.717) is 17.0 Å². The topological polar surface area (TPSA) is 114 Å². The van der Waals surface area contributed by atoms with Crippen LogP contribution in [0.4, 0.5) is 10.5 Å². The minimum absolute atomic E-state index is 0.169. The molecule has 6 nitrogen and oxygen atoms in total. The quantitative estimate of drug-likeness (QED) is 0.427. The van der Waals surface area contributed by atoms with Gasteiger partial charge in [-0.2, -0.15) is 0 Å². The molecule has 0 heterocycles. The second-order valence-electron chi connectivity index (χ2n) is 2.79. The second kappa shape index (κ2) is 4.32. The molecule has 0 aromatic heterocycles. The molecular weight excluding hydrogens is 196 g/mol. The number of ether oxygens (including phenoxy) is 1. The van der Waals surface area contributed by atoms with Gasteiger partial charge in [-0.3, -0.25) is 5.41 Å². The maximum Gasteiger partial charge on any atom is 0.316 e. The molecule has 0 bridgehead atoms. The monoisotopic (exact) mass is 208 g/mol. The first kappa shape index (κ1) is 10.8. The number of hydrogen-bond donors (Lipinski definition) is 4. The van der Waals surface area contributed by atoms with Crippen LogP contribution in [0.1, 0.15) is 5.56 Å². The number of primary amides is 1. The van der Waals surface area contributed by atoms with Gasteiger partial charge >= 0.3 is 6.03 Å². The highest BCUT2D eigenvalue weighted by molar-refractivity contribution is 6.05. The fraction of sp³-hybridized carbons (Fsp3) is 0.111. The number of amides is 2. The van der Waals surface area contributed by atoms with E-state index in [1.165, 1.54) is 7.11 Å². The summed E-state index contributed by atoms with van der Waals surface area (Å²) in [5.74, 6) is 0.235. The minimum Gasteiger partial charge on any atom is -0.495 e. The van der Waals surface area contributed by atoms with Crippen LogP contribution in [-0.4, -0.2) is 19.0 Å². The molecule has 6 N–H and O–H groups in total. The summed E-state index contributed by atoms with van der Waals surface area (Å²) >= 11 is 0. The zero-order valence-electron chi connectivity index (χ0n) is 8.20. The predicted octanol–water partition coefficient (Wildman–Crippen LogP) is 0.470. The molecule has 0 aliphatic rings. The molecule has 2 amide bonds. The summed E-state index contributed by atoms with van der Waals surface area (Å²) in [6, 6.07) is 4.16. The average Bonchev–Trinajstić information content (AvgIpc) is 2.16. The number of nitrogens with one attached hydrogen (secondary N) is 2. The Labute approximate surface area is 86.7 Å². The van der Waals surface area contributed by atoms with Crippen LogP contribution >= 0.6 is 0 Å². The summed E-state index contributed by atoms with van der Waals surface area (Å²) in [4.78, 5) is 10.8. The summed E-state index contributed by atoms with van der Waals surface area (Å²) in [5.41, 5.74) is 11.0. The fourth-order valence-corrected chi connectivity index (χ4v) is 1.18. The van der Waals surface area contributed by atoms with Crippen molar-refractivity contribution in [3.63, 3.8) is 0 Å². The Kier molecular flexibility index (Phi) is 3.12. The summed E-state index contributed by atoms with van der Waals surface area (Å²) in [6.07, 6.45) is 0. The highest BCUT2D eigenvalue weighted by atomic mass is 16.5. The molecule has 0 aliphatic carbocycles. The Bertz CT molecular complexity index is 403. The van der Waals surface area contributed by atoms with Crippen molar-refractivity contribution in [3.8, 4) is 5.75 Å². The SMILES string of the molecule is COc1cccc(C(=N)N)c1NC(N)=O. The van der Waals surface area contributed by atoms with E-state index >= 15 is 0 Å². The van der Waals surface area contributed by atoms with E-state index < -0.39 is 6.03 Å². The molecule has 0 saturated carbocycles. The van der Waals surface area contributed by atoms with Gasteiger partial charge in [0.15, 0.2) is 0 Å². The lowest BCUT2D eigenvalue weighted by atomic mass is 10.1. The van der Waals surface area contributed by atoms with Crippen molar-refractivity contribution in [3.05, 3.63) is 23.8 Å². The molecule has 0 unspecified atom stereocenters. The van der Waals surface area contributed by atoms with E-state index in [2.05, 4.69) is 5.32 Å². The lowest BCUT2D eigenvalue weighted by Crippen LogP contribution is -2.23. The summed E-state index contributed by atoms with van der Waals surface area (Å²) in [6.45, 7) is 0. The number of amidine groups is 1. The second-order valence-corrected chi connectivity index (χ2v) is 2.79. The zero-order valence-corrected chi connectivity index (χ0v) is 8.20. The smallest absolute Gasteiger partial charge is 0.316 e. The van der Waals surface area contributed by atoms with Crippen LogP contribution < -0.4 is 21.5 Å². The largest absolute Gasteiger partial charge is 0.495 e. The Morgan fingerprint density at radius 2 is 2.13 bits per heavy atom. The van der Waals surface area contributed by atoms with E-state index in [9.17, 15) is 4.79 Å². The molecule has 0 aliphatic heterocycles. The zero-order chi connectivity index (χ0) is 11.4. The van der Waals surface area contributed by atoms with Crippen LogP contribution in [0.3, 0.4) is 0 Å². The number of carbonyl (C=O) groups is 1. The maximum absolute atomic E-state index is 10.8. The third-order valence-corrected chi connectivity index (χ3v) is 1.78. The molecule has 0 radical (unpaired) electrons. The van der Waals surface area contributed by atoms with Crippen LogP contribution in [0.5, 0.6) is 5.75 Å². The van der Waals surface area contributed by atoms with E-state index in [0.717, 1.165) is 0 Å². The highest BCUT2D eigenvalue weighted by Gasteiger charge is 2.12. The van der Waals surface area contributed by atoms with E-state index in [1.54, 1.807) is 18.2 Å². The first-order valence-corrected chi connectivity index (χ1v) is 4.14. The minimum atomic E-state index is -0.734. The van der Waals surface area contributed by atoms with Gasteiger partial charge in [-0.15, -0.1) is 0 Å². The molecule has 80 valence electrons. The number of anilines is 1. The van der Waals surface area contributed by atoms with Gasteiger partial charge in [0.1, 0.15) is 11.6 Å². The maximum atomic E-state index is 10.8. The Balaban J connectivity index is 3.26. The molecular formula is C9H12N4O2. The third kappa shape index (κ3) is 2.37. The Hall–Kier alpha value is -2.24. The normalized spacial score (nSPS) is 9.40. The van der Waals surface area contributed by atoms with Crippen molar-refractivity contribution < 1.29 is 9.53 Å². The number of carbonyl (C=O) groups excluding carboxylic acids is 1. The molecule has 1 rings (SSSR count). The van der Waals surface area contributed by atoms with Gasteiger partial charge in [0.05, 0.1) is 12.8 Å². The molecule has 1 aromatic rings. The van der Waals surface area contributed by atoms with Gasteiger partial charge in [0.25, 0.3) is 0 Å². The third-order valence-electron chi connectivity index (χ3n) is 1.78. The lowest BCUT2D eigenvalue weighted by Gasteiger charge is -2.12. The lowest BCUT2D eigenvalue weighted by molar-refractivity contribution is 0.259.